The molecule has 1 heterocycles. The molecule has 1 atom stereocenters. The molecule has 0 aliphatic rings. The fraction of sp³-hybridized carbons (Fsp3) is 0.250. The minimum Gasteiger partial charge on any atom is -0.477 e. The van der Waals surface area contributed by atoms with Crippen molar-refractivity contribution in [2.45, 2.75) is 26.3 Å². The van der Waals surface area contributed by atoms with Gasteiger partial charge in [-0.1, -0.05) is 31.2 Å². The molecule has 0 aliphatic carbocycles. The zero-order valence-corrected chi connectivity index (χ0v) is 12.7. The van der Waals surface area contributed by atoms with Crippen molar-refractivity contribution >= 4 is 23.2 Å². The van der Waals surface area contributed by atoms with E-state index in [9.17, 15) is 9.59 Å². The maximum Gasteiger partial charge on any atom is 0.345 e. The third-order valence-electron chi connectivity index (χ3n) is 3.28. The summed E-state index contributed by atoms with van der Waals surface area (Å²) < 4.78 is 0. The van der Waals surface area contributed by atoms with Crippen molar-refractivity contribution in [3.05, 3.63) is 57.3 Å². The minimum atomic E-state index is -1.01. The van der Waals surface area contributed by atoms with Gasteiger partial charge in [0.15, 0.2) is 0 Å². The fourth-order valence-electron chi connectivity index (χ4n) is 1.97. The summed E-state index contributed by atoms with van der Waals surface area (Å²) in [7, 11) is 0. The number of amides is 1. The predicted molar refractivity (Wildman–Crippen MR) is 83.0 cm³/mol. The Morgan fingerprint density at radius 1 is 1.14 bits per heavy atom. The van der Waals surface area contributed by atoms with Crippen LogP contribution in [0.1, 0.15) is 50.4 Å². The van der Waals surface area contributed by atoms with Crippen molar-refractivity contribution in [3.8, 4) is 0 Å². The summed E-state index contributed by atoms with van der Waals surface area (Å²) in [6, 6.07) is 11.0. The maximum absolute atomic E-state index is 12.1. The zero-order chi connectivity index (χ0) is 15.4. The lowest BCUT2D eigenvalue weighted by molar-refractivity contribution is 0.0702. The number of rotatable bonds is 5. The molecular weight excluding hydrogens is 286 g/mol. The van der Waals surface area contributed by atoms with Crippen LogP contribution in [-0.2, 0) is 6.42 Å². The molecule has 1 amide bonds. The van der Waals surface area contributed by atoms with E-state index in [4.69, 9.17) is 5.11 Å². The van der Waals surface area contributed by atoms with Gasteiger partial charge >= 0.3 is 5.97 Å². The Balaban J connectivity index is 2.05. The number of carbonyl (C=O) groups excluding carboxylic acids is 1. The molecule has 0 fully saturated rings. The molecule has 1 unspecified atom stereocenters. The Kier molecular flexibility index (Phi) is 4.75. The Hall–Kier alpha value is -2.14. The monoisotopic (exact) mass is 303 g/mol. The smallest absolute Gasteiger partial charge is 0.345 e. The second-order valence-electron chi connectivity index (χ2n) is 4.76. The van der Waals surface area contributed by atoms with E-state index in [2.05, 4.69) is 12.2 Å². The normalized spacial score (nSPS) is 11.9. The molecule has 0 bridgehead atoms. The van der Waals surface area contributed by atoms with Crippen LogP contribution in [0.3, 0.4) is 0 Å². The number of nitrogens with one attached hydrogen (secondary N) is 1. The SMILES string of the molecule is CCc1ccc(C(C)NC(=O)c2ccc(C(=O)O)s2)cc1. The highest BCUT2D eigenvalue weighted by Crippen LogP contribution is 2.19. The summed E-state index contributed by atoms with van der Waals surface area (Å²) in [5, 5.41) is 11.7. The predicted octanol–water partition coefficient (Wildman–Crippen LogP) is 3.50. The molecule has 1 aromatic heterocycles. The molecule has 21 heavy (non-hydrogen) atoms. The first-order valence-electron chi connectivity index (χ1n) is 6.74. The van der Waals surface area contributed by atoms with Crippen LogP contribution in [0.2, 0.25) is 0 Å². The molecule has 0 saturated carbocycles. The largest absolute Gasteiger partial charge is 0.477 e. The van der Waals surface area contributed by atoms with Crippen LogP contribution in [0, 0.1) is 0 Å². The van der Waals surface area contributed by atoms with E-state index in [1.54, 1.807) is 0 Å². The third kappa shape index (κ3) is 3.70. The van der Waals surface area contributed by atoms with Gasteiger partial charge in [-0.05, 0) is 36.6 Å². The highest BCUT2D eigenvalue weighted by atomic mass is 32.1. The van der Waals surface area contributed by atoms with Gasteiger partial charge in [0.1, 0.15) is 4.88 Å². The number of benzene rings is 1. The molecule has 1 aromatic carbocycles. The molecule has 0 saturated heterocycles. The van der Waals surface area contributed by atoms with Crippen LogP contribution >= 0.6 is 11.3 Å². The number of thiophene rings is 1. The molecule has 0 aliphatic heterocycles. The number of hydrogen-bond donors (Lipinski definition) is 2. The second kappa shape index (κ2) is 6.54. The van der Waals surface area contributed by atoms with Crippen molar-refractivity contribution in [2.24, 2.45) is 0 Å². The molecular formula is C16H17NO3S. The van der Waals surface area contributed by atoms with Crippen LogP contribution in [0.5, 0.6) is 0 Å². The van der Waals surface area contributed by atoms with Gasteiger partial charge in [0.2, 0.25) is 0 Å². The zero-order valence-electron chi connectivity index (χ0n) is 11.9. The van der Waals surface area contributed by atoms with Crippen LogP contribution in [0.4, 0.5) is 0 Å². The Morgan fingerprint density at radius 3 is 2.29 bits per heavy atom. The summed E-state index contributed by atoms with van der Waals surface area (Å²) in [4.78, 5) is 23.5. The maximum atomic E-state index is 12.1. The number of hydrogen-bond acceptors (Lipinski definition) is 3. The first-order chi connectivity index (χ1) is 10.0. The van der Waals surface area contributed by atoms with E-state index in [1.165, 1.54) is 17.7 Å². The van der Waals surface area contributed by atoms with Gasteiger partial charge in [0.25, 0.3) is 5.91 Å². The molecule has 5 heteroatoms. The second-order valence-corrected chi connectivity index (χ2v) is 5.84. The van der Waals surface area contributed by atoms with E-state index >= 15 is 0 Å². The van der Waals surface area contributed by atoms with Crippen molar-refractivity contribution in [1.29, 1.82) is 0 Å². The third-order valence-corrected chi connectivity index (χ3v) is 4.35. The molecule has 2 aromatic rings. The Labute approximate surface area is 127 Å². The van der Waals surface area contributed by atoms with Gasteiger partial charge < -0.3 is 10.4 Å². The molecule has 4 nitrogen and oxygen atoms in total. The summed E-state index contributed by atoms with van der Waals surface area (Å²) in [5.41, 5.74) is 2.28. The van der Waals surface area contributed by atoms with E-state index < -0.39 is 5.97 Å². The van der Waals surface area contributed by atoms with Crippen molar-refractivity contribution in [3.63, 3.8) is 0 Å². The molecule has 0 spiro atoms. The van der Waals surface area contributed by atoms with Crippen LogP contribution in [-0.4, -0.2) is 17.0 Å². The number of carbonyl (C=O) groups is 2. The number of aryl methyl sites for hydroxylation is 1. The van der Waals surface area contributed by atoms with Gasteiger partial charge in [-0.2, -0.15) is 0 Å². The van der Waals surface area contributed by atoms with E-state index in [0.29, 0.717) is 4.88 Å². The van der Waals surface area contributed by atoms with Crippen LogP contribution < -0.4 is 5.32 Å². The van der Waals surface area contributed by atoms with Gasteiger partial charge in [-0.3, -0.25) is 4.79 Å². The van der Waals surface area contributed by atoms with Crippen LogP contribution in [0.15, 0.2) is 36.4 Å². The Morgan fingerprint density at radius 2 is 1.76 bits per heavy atom. The first-order valence-corrected chi connectivity index (χ1v) is 7.55. The Bertz CT molecular complexity index is 646. The molecule has 2 rings (SSSR count). The summed E-state index contributed by atoms with van der Waals surface area (Å²) >= 11 is 0.981. The van der Waals surface area contributed by atoms with E-state index in [1.807, 2.05) is 31.2 Å². The minimum absolute atomic E-state index is 0.126. The highest BCUT2D eigenvalue weighted by Gasteiger charge is 2.15. The summed E-state index contributed by atoms with van der Waals surface area (Å²) in [6.45, 7) is 4.00. The lowest BCUT2D eigenvalue weighted by atomic mass is 10.0. The average Bonchev–Trinajstić information content (AvgIpc) is 2.97. The van der Waals surface area contributed by atoms with E-state index in [0.717, 1.165) is 23.3 Å². The first kappa shape index (κ1) is 15.3. The van der Waals surface area contributed by atoms with Gasteiger partial charge in [0, 0.05) is 0 Å². The van der Waals surface area contributed by atoms with Crippen molar-refractivity contribution < 1.29 is 14.7 Å². The number of carboxylic acids is 1. The highest BCUT2D eigenvalue weighted by molar-refractivity contribution is 7.15. The molecule has 2 N–H and O–H groups in total. The quantitative estimate of drug-likeness (QED) is 0.888. The molecule has 0 radical (unpaired) electrons. The number of aromatic carboxylic acids is 1. The number of carboxylic acid groups (broad SMARTS) is 1. The lowest BCUT2D eigenvalue weighted by Gasteiger charge is -2.14. The lowest BCUT2D eigenvalue weighted by Crippen LogP contribution is -2.25. The molecule has 110 valence electrons. The fourth-order valence-corrected chi connectivity index (χ4v) is 2.72. The average molecular weight is 303 g/mol. The summed E-state index contributed by atoms with van der Waals surface area (Å²) in [6.07, 6.45) is 0.980. The standard InChI is InChI=1S/C16H17NO3S/c1-3-11-4-6-12(7-5-11)10(2)17-15(18)13-8-9-14(21-13)16(19)20/h4-10H,3H2,1-2H3,(H,17,18)(H,19,20). The van der Waals surface area contributed by atoms with Gasteiger partial charge in [-0.15, -0.1) is 11.3 Å². The van der Waals surface area contributed by atoms with Crippen molar-refractivity contribution in [1.82, 2.24) is 5.32 Å². The van der Waals surface area contributed by atoms with Crippen molar-refractivity contribution in [2.75, 3.05) is 0 Å². The summed E-state index contributed by atoms with van der Waals surface area (Å²) in [5.74, 6) is -1.26. The van der Waals surface area contributed by atoms with Crippen LogP contribution in [0.25, 0.3) is 0 Å². The van der Waals surface area contributed by atoms with E-state index in [-0.39, 0.29) is 16.8 Å². The topological polar surface area (TPSA) is 66.4 Å². The van der Waals surface area contributed by atoms with Gasteiger partial charge in [-0.25, -0.2) is 4.79 Å². The van der Waals surface area contributed by atoms with Gasteiger partial charge in [0.05, 0.1) is 10.9 Å².